The number of rotatable bonds is 5. The zero-order chi connectivity index (χ0) is 17.8. The van der Waals surface area contributed by atoms with Crippen molar-refractivity contribution in [1.29, 1.82) is 0 Å². The van der Waals surface area contributed by atoms with E-state index in [1.165, 1.54) is 6.92 Å². The minimum Gasteiger partial charge on any atom is -0.361 e. The molecule has 3 aromatic rings. The predicted octanol–water partition coefficient (Wildman–Crippen LogP) is 3.62. The molecule has 5 nitrogen and oxygen atoms in total. The molecule has 0 aliphatic heterocycles. The van der Waals surface area contributed by atoms with Gasteiger partial charge in [0.15, 0.2) is 0 Å². The lowest BCUT2D eigenvalue weighted by Gasteiger charge is -2.17. The van der Waals surface area contributed by atoms with Gasteiger partial charge in [0, 0.05) is 40.6 Å². The van der Waals surface area contributed by atoms with Crippen LogP contribution in [0.2, 0.25) is 0 Å². The molecule has 0 radical (unpaired) electrons. The summed E-state index contributed by atoms with van der Waals surface area (Å²) < 4.78 is 0.873. The molecular formula is C19H18BrN3O2. The summed E-state index contributed by atoms with van der Waals surface area (Å²) in [6.07, 6.45) is 2.29. The molecule has 2 aromatic carbocycles. The number of carbonyl (C=O) groups excluding carboxylic acids is 2. The van der Waals surface area contributed by atoms with Crippen molar-refractivity contribution in [3.8, 4) is 0 Å². The van der Waals surface area contributed by atoms with Gasteiger partial charge in [0.2, 0.25) is 11.8 Å². The first kappa shape index (κ1) is 17.2. The van der Waals surface area contributed by atoms with E-state index in [1.54, 1.807) is 6.07 Å². The van der Waals surface area contributed by atoms with Gasteiger partial charge in [-0.3, -0.25) is 9.59 Å². The molecule has 3 N–H and O–H groups in total. The molecule has 1 heterocycles. The summed E-state index contributed by atoms with van der Waals surface area (Å²) in [7, 11) is 0. The van der Waals surface area contributed by atoms with Crippen LogP contribution >= 0.6 is 15.9 Å². The highest BCUT2D eigenvalue weighted by Crippen LogP contribution is 2.20. The molecule has 1 unspecified atom stereocenters. The Kier molecular flexibility index (Phi) is 5.19. The van der Waals surface area contributed by atoms with Crippen LogP contribution in [0.1, 0.15) is 12.5 Å². The van der Waals surface area contributed by atoms with Crippen molar-refractivity contribution in [3.05, 3.63) is 64.8 Å². The van der Waals surface area contributed by atoms with Gasteiger partial charge in [-0.1, -0.05) is 40.2 Å². The van der Waals surface area contributed by atoms with E-state index < -0.39 is 6.04 Å². The Morgan fingerprint density at radius 3 is 2.72 bits per heavy atom. The van der Waals surface area contributed by atoms with E-state index in [0.29, 0.717) is 12.1 Å². The van der Waals surface area contributed by atoms with E-state index >= 15 is 0 Å². The quantitative estimate of drug-likeness (QED) is 0.612. The van der Waals surface area contributed by atoms with Crippen LogP contribution < -0.4 is 10.6 Å². The zero-order valence-electron chi connectivity index (χ0n) is 13.7. The zero-order valence-corrected chi connectivity index (χ0v) is 15.3. The van der Waals surface area contributed by atoms with Crippen LogP contribution in [-0.4, -0.2) is 22.8 Å². The molecule has 1 aromatic heterocycles. The fourth-order valence-electron chi connectivity index (χ4n) is 2.77. The molecule has 0 saturated heterocycles. The molecule has 0 spiro atoms. The summed E-state index contributed by atoms with van der Waals surface area (Å²) in [6, 6.07) is 14.6. The van der Waals surface area contributed by atoms with Crippen molar-refractivity contribution in [2.45, 2.75) is 19.4 Å². The minimum absolute atomic E-state index is 0.241. The number of benzene rings is 2. The fraction of sp³-hybridized carbons (Fsp3) is 0.158. The summed E-state index contributed by atoms with van der Waals surface area (Å²) in [5.41, 5.74) is 2.67. The Morgan fingerprint density at radius 1 is 1.16 bits per heavy atom. The summed E-state index contributed by atoms with van der Waals surface area (Å²) in [6.45, 7) is 1.41. The van der Waals surface area contributed by atoms with Crippen LogP contribution in [0, 0.1) is 0 Å². The number of fused-ring (bicyclic) bond motifs is 1. The van der Waals surface area contributed by atoms with Gasteiger partial charge in [-0.25, -0.2) is 0 Å². The van der Waals surface area contributed by atoms with Crippen LogP contribution in [0.15, 0.2) is 59.2 Å². The number of aromatic nitrogens is 1. The Morgan fingerprint density at radius 2 is 1.96 bits per heavy atom. The topological polar surface area (TPSA) is 74.0 Å². The molecule has 0 aliphatic rings. The number of amides is 2. The highest BCUT2D eigenvalue weighted by Gasteiger charge is 2.21. The van der Waals surface area contributed by atoms with E-state index in [2.05, 4.69) is 31.5 Å². The molecule has 6 heteroatoms. The van der Waals surface area contributed by atoms with Crippen molar-refractivity contribution in [2.75, 3.05) is 5.32 Å². The van der Waals surface area contributed by atoms with Gasteiger partial charge >= 0.3 is 0 Å². The number of anilines is 1. The maximum absolute atomic E-state index is 12.7. The van der Waals surface area contributed by atoms with Crippen molar-refractivity contribution in [1.82, 2.24) is 10.3 Å². The van der Waals surface area contributed by atoms with Gasteiger partial charge in [-0.15, -0.1) is 0 Å². The van der Waals surface area contributed by atoms with Crippen molar-refractivity contribution in [3.63, 3.8) is 0 Å². The third-order valence-electron chi connectivity index (χ3n) is 3.89. The second-order valence-corrected chi connectivity index (χ2v) is 6.73. The van der Waals surface area contributed by atoms with Crippen LogP contribution in [0.25, 0.3) is 10.9 Å². The van der Waals surface area contributed by atoms with Gasteiger partial charge in [0.25, 0.3) is 0 Å². The van der Waals surface area contributed by atoms with E-state index in [1.807, 2.05) is 48.7 Å². The number of hydrogen-bond acceptors (Lipinski definition) is 2. The number of hydrogen-bond donors (Lipinski definition) is 3. The first-order valence-electron chi connectivity index (χ1n) is 7.91. The smallest absolute Gasteiger partial charge is 0.247 e. The third kappa shape index (κ3) is 4.28. The lowest BCUT2D eigenvalue weighted by molar-refractivity contribution is -0.125. The maximum atomic E-state index is 12.7. The standard InChI is InChI=1S/C19H18BrN3O2/c1-12(24)22-18(19(25)23-15-6-4-5-14(20)10-15)9-13-11-21-17-8-3-2-7-16(13)17/h2-8,10-11,18,21H,9H2,1H3,(H,22,24)(H,23,25). The fourth-order valence-corrected chi connectivity index (χ4v) is 3.17. The summed E-state index contributed by atoms with van der Waals surface area (Å²) >= 11 is 3.38. The molecule has 1 atom stereocenters. The van der Waals surface area contributed by atoms with Crippen molar-refractivity contribution in [2.24, 2.45) is 0 Å². The van der Waals surface area contributed by atoms with Gasteiger partial charge in [-0.2, -0.15) is 0 Å². The number of halogens is 1. The summed E-state index contributed by atoms with van der Waals surface area (Å²) in [4.78, 5) is 27.4. The maximum Gasteiger partial charge on any atom is 0.247 e. The van der Waals surface area contributed by atoms with E-state index in [-0.39, 0.29) is 11.8 Å². The van der Waals surface area contributed by atoms with Crippen molar-refractivity contribution < 1.29 is 9.59 Å². The number of aromatic amines is 1. The average molecular weight is 400 g/mol. The first-order valence-corrected chi connectivity index (χ1v) is 8.71. The second-order valence-electron chi connectivity index (χ2n) is 5.82. The number of nitrogens with one attached hydrogen (secondary N) is 3. The van der Waals surface area contributed by atoms with Gasteiger partial charge in [-0.05, 0) is 29.8 Å². The normalized spacial score (nSPS) is 11.9. The third-order valence-corrected chi connectivity index (χ3v) is 4.38. The van der Waals surface area contributed by atoms with E-state index in [4.69, 9.17) is 0 Å². The van der Waals surface area contributed by atoms with Gasteiger partial charge < -0.3 is 15.6 Å². The second kappa shape index (κ2) is 7.53. The van der Waals surface area contributed by atoms with Gasteiger partial charge in [0.1, 0.15) is 6.04 Å². The van der Waals surface area contributed by atoms with Crippen LogP contribution in [-0.2, 0) is 16.0 Å². The van der Waals surface area contributed by atoms with Crippen LogP contribution in [0.4, 0.5) is 5.69 Å². The molecule has 0 fully saturated rings. The number of para-hydroxylation sites is 1. The molecule has 25 heavy (non-hydrogen) atoms. The lowest BCUT2D eigenvalue weighted by atomic mass is 10.0. The Bertz CT molecular complexity index is 920. The highest BCUT2D eigenvalue weighted by molar-refractivity contribution is 9.10. The largest absolute Gasteiger partial charge is 0.361 e. The summed E-state index contributed by atoms with van der Waals surface area (Å²) in [5, 5.41) is 6.64. The minimum atomic E-state index is -0.657. The average Bonchev–Trinajstić information content (AvgIpc) is 2.97. The molecule has 0 aliphatic carbocycles. The highest BCUT2D eigenvalue weighted by atomic mass is 79.9. The number of H-pyrrole nitrogens is 1. The molecule has 2 amide bonds. The molecule has 3 rings (SSSR count). The predicted molar refractivity (Wildman–Crippen MR) is 102 cm³/mol. The van der Waals surface area contributed by atoms with Crippen molar-refractivity contribution >= 4 is 44.3 Å². The summed E-state index contributed by atoms with van der Waals surface area (Å²) in [5.74, 6) is -0.493. The molecular weight excluding hydrogens is 382 g/mol. The van der Waals surface area contributed by atoms with Crippen LogP contribution in [0.3, 0.4) is 0 Å². The van der Waals surface area contributed by atoms with Crippen LogP contribution in [0.5, 0.6) is 0 Å². The molecule has 0 saturated carbocycles. The molecule has 0 bridgehead atoms. The Balaban J connectivity index is 1.81. The Labute approximate surface area is 153 Å². The first-order chi connectivity index (χ1) is 12.0. The SMILES string of the molecule is CC(=O)NC(Cc1c[nH]c2ccccc12)C(=O)Nc1cccc(Br)c1. The molecule has 128 valence electrons. The Hall–Kier alpha value is -2.60. The monoisotopic (exact) mass is 399 g/mol. The number of carbonyl (C=O) groups is 2. The lowest BCUT2D eigenvalue weighted by Crippen LogP contribution is -2.44. The van der Waals surface area contributed by atoms with E-state index in [9.17, 15) is 9.59 Å². The van der Waals surface area contributed by atoms with Gasteiger partial charge in [0.05, 0.1) is 0 Å². The van der Waals surface area contributed by atoms with E-state index in [0.717, 1.165) is 20.9 Å².